The maximum Gasteiger partial charge on any atom is 3.00 e. The summed E-state index contributed by atoms with van der Waals surface area (Å²) in [7, 11) is 0. The number of nitro benzene ring substituents is 3. The summed E-state index contributed by atoms with van der Waals surface area (Å²) in [5, 5.41) is 62.8. The number of carbonyl (C=O) groups excluding carboxylic acids is 3. The van der Waals surface area contributed by atoms with E-state index in [4.69, 9.17) is 0 Å². The van der Waals surface area contributed by atoms with Gasteiger partial charge in [-0.1, -0.05) is 35.4 Å². The summed E-state index contributed by atoms with van der Waals surface area (Å²) in [6.07, 6.45) is 0.903. The third-order valence-corrected chi connectivity index (χ3v) is 3.99. The SMILES string of the molecule is O.O.O.O=Cc1cc([N+](=O)[O-])ccc1[O-].O=Cc1cc([N+](=O)[O-])ccc1[O-].O=Cc1cc([N+](=O)[O-])ccc1[O-].[Eu+3]. The fraction of sp³-hybridized carbons (Fsp3) is 0. The van der Waals surface area contributed by atoms with Crippen LogP contribution < -0.4 is 15.3 Å². The van der Waals surface area contributed by atoms with E-state index in [9.17, 15) is 60.0 Å². The second-order valence-electron chi connectivity index (χ2n) is 6.29. The number of benzene rings is 3. The maximum atomic E-state index is 10.8. The Morgan fingerprint density at radius 3 is 0.825 bits per heavy atom. The van der Waals surface area contributed by atoms with Crippen LogP contribution in [0.25, 0.3) is 0 Å². The molecule has 0 atom stereocenters. The van der Waals surface area contributed by atoms with Crippen molar-refractivity contribution in [2.75, 3.05) is 0 Å². The predicted octanol–water partition coefficient (Wildman–Crippen LogP) is -1.03. The molecule has 40 heavy (non-hydrogen) atoms. The fourth-order valence-electron chi connectivity index (χ4n) is 2.22. The predicted molar refractivity (Wildman–Crippen MR) is 125 cm³/mol. The van der Waals surface area contributed by atoms with Crippen LogP contribution in [0.1, 0.15) is 31.1 Å². The van der Waals surface area contributed by atoms with Crippen LogP contribution >= 0.6 is 0 Å². The number of non-ortho nitro benzene ring substituents is 3. The standard InChI is InChI=1S/3C7H5NO4.Eu.3H2O/c3*9-4-5-3-6(8(11)12)1-2-7(5)10;;;;/h3*1-4,10H;;3*1H2/q;;;+3;;;/p-3. The summed E-state index contributed by atoms with van der Waals surface area (Å²) < 4.78 is 0. The topological polar surface area (TPSA) is 344 Å². The first-order chi connectivity index (χ1) is 16.9. The third kappa shape index (κ3) is 13.0. The summed E-state index contributed by atoms with van der Waals surface area (Å²) in [5.41, 5.74) is -1.33. The number of rotatable bonds is 6. The number of hydrogen-bond acceptors (Lipinski definition) is 12. The van der Waals surface area contributed by atoms with E-state index in [1.54, 1.807) is 0 Å². The summed E-state index contributed by atoms with van der Waals surface area (Å²) in [5.74, 6) is -1.51. The van der Waals surface area contributed by atoms with Crippen molar-refractivity contribution in [2.24, 2.45) is 0 Å². The van der Waals surface area contributed by atoms with Crippen molar-refractivity contribution in [3.05, 3.63) is 102 Å². The Kier molecular flexibility index (Phi) is 22.1. The van der Waals surface area contributed by atoms with Gasteiger partial charge >= 0.3 is 49.4 Å². The maximum absolute atomic E-state index is 10.8. The van der Waals surface area contributed by atoms with E-state index in [1.165, 1.54) is 0 Å². The second-order valence-corrected chi connectivity index (χ2v) is 6.29. The minimum Gasteiger partial charge on any atom is -0.872 e. The van der Waals surface area contributed by atoms with Gasteiger partial charge in [0.15, 0.2) is 0 Å². The third-order valence-electron chi connectivity index (χ3n) is 3.99. The number of carbonyl (C=O) groups is 3. The molecule has 0 aliphatic rings. The van der Waals surface area contributed by atoms with Gasteiger partial charge in [0.05, 0.1) is 14.8 Å². The van der Waals surface area contributed by atoms with E-state index < -0.39 is 32.0 Å². The smallest absolute Gasteiger partial charge is 0.872 e. The van der Waals surface area contributed by atoms with Crippen molar-refractivity contribution in [1.29, 1.82) is 0 Å². The molecule has 3 aromatic carbocycles. The van der Waals surface area contributed by atoms with Crippen LogP contribution in [0.15, 0.2) is 54.6 Å². The van der Waals surface area contributed by atoms with E-state index in [0.29, 0.717) is 18.9 Å². The van der Waals surface area contributed by atoms with Gasteiger partial charge in [-0.05, 0) is 0 Å². The van der Waals surface area contributed by atoms with Crippen LogP contribution in [0.3, 0.4) is 0 Å². The number of aldehydes is 3. The van der Waals surface area contributed by atoms with Crippen LogP contribution in [0.5, 0.6) is 17.2 Å². The van der Waals surface area contributed by atoms with Crippen LogP contribution in [0, 0.1) is 79.7 Å². The zero-order valence-electron chi connectivity index (χ0n) is 19.5. The van der Waals surface area contributed by atoms with Crippen LogP contribution in [0.2, 0.25) is 0 Å². The molecule has 0 aliphatic carbocycles. The summed E-state index contributed by atoms with van der Waals surface area (Å²) >= 11 is 0. The van der Waals surface area contributed by atoms with E-state index in [1.807, 2.05) is 0 Å². The zero-order valence-corrected chi connectivity index (χ0v) is 22.0. The van der Waals surface area contributed by atoms with Crippen molar-refractivity contribution in [3.63, 3.8) is 0 Å². The Balaban J connectivity index is -0.000000231. The molecule has 3 rings (SSSR count). The Hall–Kier alpha value is -4.27. The van der Waals surface area contributed by atoms with E-state index >= 15 is 0 Å². The molecule has 0 saturated carbocycles. The Bertz CT molecular complexity index is 1170. The van der Waals surface area contributed by atoms with Crippen molar-refractivity contribution >= 4 is 35.9 Å². The Morgan fingerprint density at radius 1 is 0.475 bits per heavy atom. The molecular formula is C21H18EuN3O15. The summed E-state index contributed by atoms with van der Waals surface area (Å²) in [6, 6.07) is 9.06. The first kappa shape index (κ1) is 42.8. The van der Waals surface area contributed by atoms with Gasteiger partial charge in [-0.2, -0.15) is 0 Å². The minimum atomic E-state index is -0.660. The molecule has 0 saturated heterocycles. The van der Waals surface area contributed by atoms with E-state index in [2.05, 4.69) is 0 Å². The van der Waals surface area contributed by atoms with Gasteiger partial charge in [0, 0.05) is 53.1 Å². The van der Waals surface area contributed by atoms with Crippen LogP contribution in [-0.4, -0.2) is 50.1 Å². The quantitative estimate of drug-likeness (QED) is 0.169. The van der Waals surface area contributed by atoms with Gasteiger partial charge in [0.1, 0.15) is 18.9 Å². The van der Waals surface area contributed by atoms with Gasteiger partial charge < -0.3 is 31.7 Å². The number of nitro groups is 3. The summed E-state index contributed by atoms with van der Waals surface area (Å²) in [6.45, 7) is 0. The Labute approximate surface area is 263 Å². The molecule has 0 aliphatic heterocycles. The van der Waals surface area contributed by atoms with Crippen LogP contribution in [0.4, 0.5) is 17.1 Å². The average molecular weight is 704 g/mol. The normalized spacial score (nSPS) is 8.40. The average Bonchev–Trinajstić information content (AvgIpc) is 2.85. The molecule has 6 N–H and O–H groups in total. The van der Waals surface area contributed by atoms with Crippen molar-refractivity contribution in [2.45, 2.75) is 0 Å². The van der Waals surface area contributed by atoms with Gasteiger partial charge in [-0.25, -0.2) is 0 Å². The van der Waals surface area contributed by atoms with E-state index in [-0.39, 0.29) is 99.6 Å². The van der Waals surface area contributed by atoms with Gasteiger partial charge in [-0.15, -0.1) is 0 Å². The molecule has 0 unspecified atom stereocenters. The van der Waals surface area contributed by atoms with Crippen molar-refractivity contribution in [3.8, 4) is 17.2 Å². The first-order valence-electron chi connectivity index (χ1n) is 9.17. The molecule has 214 valence electrons. The molecule has 19 heteroatoms. The minimum absolute atomic E-state index is 0. The fourth-order valence-corrected chi connectivity index (χ4v) is 2.22. The molecule has 3 aromatic rings. The number of hydrogen-bond donors (Lipinski definition) is 0. The van der Waals surface area contributed by atoms with Crippen molar-refractivity contribution < 1.29 is 110 Å². The molecule has 0 bridgehead atoms. The molecule has 0 aromatic heterocycles. The molecule has 0 spiro atoms. The van der Waals surface area contributed by atoms with Gasteiger partial charge in [0.25, 0.3) is 17.1 Å². The molecule has 18 nitrogen and oxygen atoms in total. The van der Waals surface area contributed by atoms with E-state index in [0.717, 1.165) is 54.6 Å². The van der Waals surface area contributed by atoms with Gasteiger partial charge in [0.2, 0.25) is 0 Å². The molecular weight excluding hydrogens is 686 g/mol. The zero-order chi connectivity index (χ0) is 27.4. The Morgan fingerprint density at radius 2 is 0.675 bits per heavy atom. The molecule has 0 fully saturated rings. The monoisotopic (exact) mass is 705 g/mol. The van der Waals surface area contributed by atoms with Gasteiger partial charge in [-0.3, -0.25) is 44.7 Å². The second kappa shape index (κ2) is 20.7. The summed E-state index contributed by atoms with van der Waals surface area (Å²) in [4.78, 5) is 59.1. The molecule has 0 heterocycles. The largest absolute Gasteiger partial charge is 3.00 e. The molecule has 0 amide bonds. The first-order valence-corrected chi connectivity index (χ1v) is 9.17. The number of nitrogens with zero attached hydrogens (tertiary/aromatic N) is 3. The molecule has 0 radical (unpaired) electrons. The van der Waals surface area contributed by atoms with Crippen molar-refractivity contribution in [1.82, 2.24) is 0 Å². The van der Waals surface area contributed by atoms with Crippen LogP contribution in [-0.2, 0) is 0 Å².